The van der Waals surface area contributed by atoms with Gasteiger partial charge in [-0.3, -0.25) is 0 Å². The molecule has 4 heteroatoms. The molecule has 0 aliphatic rings. The van der Waals surface area contributed by atoms with Crippen molar-refractivity contribution in [2.45, 2.75) is 60.2 Å². The highest BCUT2D eigenvalue weighted by molar-refractivity contribution is 5.42. The Hall–Kier alpha value is -1.65. The predicted molar refractivity (Wildman–Crippen MR) is 99.7 cm³/mol. The Bertz CT molecular complexity index is 593. The van der Waals surface area contributed by atoms with E-state index in [1.54, 1.807) is 7.11 Å². The van der Waals surface area contributed by atoms with Crippen LogP contribution in [0.2, 0.25) is 0 Å². The van der Waals surface area contributed by atoms with Gasteiger partial charge in [-0.15, -0.1) is 0 Å². The third-order valence-corrected chi connectivity index (χ3v) is 3.75. The zero-order valence-corrected chi connectivity index (χ0v) is 16.0. The number of aromatic nitrogens is 2. The first-order valence-corrected chi connectivity index (χ1v) is 8.90. The molecule has 0 aliphatic carbocycles. The van der Waals surface area contributed by atoms with Gasteiger partial charge in [0.15, 0.2) is 6.29 Å². The van der Waals surface area contributed by atoms with Crippen LogP contribution in [0.25, 0.3) is 5.69 Å². The molecule has 0 fully saturated rings. The first-order valence-electron chi connectivity index (χ1n) is 8.90. The lowest BCUT2D eigenvalue weighted by molar-refractivity contribution is -0.124. The van der Waals surface area contributed by atoms with E-state index in [9.17, 15) is 0 Å². The van der Waals surface area contributed by atoms with Crippen molar-refractivity contribution >= 4 is 0 Å². The number of hydrogen-bond acceptors (Lipinski definition) is 3. The van der Waals surface area contributed by atoms with Gasteiger partial charge in [0.25, 0.3) is 0 Å². The Morgan fingerprint density at radius 1 is 1.17 bits per heavy atom. The van der Waals surface area contributed by atoms with Gasteiger partial charge in [-0.05, 0) is 63.3 Å². The van der Waals surface area contributed by atoms with E-state index in [-0.39, 0.29) is 6.29 Å². The average molecular weight is 332 g/mol. The number of methoxy groups -OCH3 is 1. The minimum Gasteiger partial charge on any atom is -0.356 e. The van der Waals surface area contributed by atoms with Crippen LogP contribution in [-0.4, -0.2) is 29.8 Å². The predicted octanol–water partition coefficient (Wildman–Crippen LogP) is 4.85. The Labute approximate surface area is 146 Å². The summed E-state index contributed by atoms with van der Waals surface area (Å²) in [4.78, 5) is 0. The first kappa shape index (κ1) is 20.4. The van der Waals surface area contributed by atoms with Gasteiger partial charge in [0.05, 0.1) is 11.4 Å². The fraction of sp³-hybridized carbons (Fsp3) is 0.550. The molecule has 0 aliphatic heterocycles. The fourth-order valence-corrected chi connectivity index (χ4v) is 2.61. The summed E-state index contributed by atoms with van der Waals surface area (Å²) in [7, 11) is 1.70. The second-order valence-corrected chi connectivity index (χ2v) is 5.54. The zero-order valence-electron chi connectivity index (χ0n) is 16.0. The quantitative estimate of drug-likeness (QED) is 0.649. The van der Waals surface area contributed by atoms with E-state index in [0.29, 0.717) is 6.61 Å². The highest BCUT2D eigenvalue weighted by Gasteiger charge is 2.07. The minimum atomic E-state index is -0.0857. The summed E-state index contributed by atoms with van der Waals surface area (Å²) in [6, 6.07) is 8.59. The standard InChI is InChI=1S/C18H26N2O2.C2H6/c1-5-22-18(21-4)8-6-7-16-9-10-17(14(2)13-16)20-12-11-15(3)19-20;1-2/h9-13,18H,5-8H2,1-4H3;1-2H3. The second-order valence-electron chi connectivity index (χ2n) is 5.54. The van der Waals surface area contributed by atoms with Gasteiger partial charge >= 0.3 is 0 Å². The SMILES string of the molecule is CC.CCOC(CCCc1ccc(-n2ccc(C)n2)c(C)c1)OC. The molecule has 2 rings (SSSR count). The van der Waals surface area contributed by atoms with Crippen molar-refractivity contribution in [3.8, 4) is 5.69 Å². The fourth-order valence-electron chi connectivity index (χ4n) is 2.61. The lowest BCUT2D eigenvalue weighted by atomic mass is 10.0. The Balaban J connectivity index is 0.00000139. The van der Waals surface area contributed by atoms with Crippen molar-refractivity contribution in [1.82, 2.24) is 9.78 Å². The molecule has 1 heterocycles. The molecule has 1 aromatic carbocycles. The van der Waals surface area contributed by atoms with E-state index in [1.807, 2.05) is 44.6 Å². The summed E-state index contributed by atoms with van der Waals surface area (Å²) in [5.74, 6) is 0. The molecule has 1 atom stereocenters. The van der Waals surface area contributed by atoms with Gasteiger partial charge < -0.3 is 9.47 Å². The summed E-state index contributed by atoms with van der Waals surface area (Å²) < 4.78 is 12.7. The van der Waals surface area contributed by atoms with Crippen LogP contribution in [-0.2, 0) is 15.9 Å². The normalized spacial score (nSPS) is 11.8. The summed E-state index contributed by atoms with van der Waals surface area (Å²) in [6.07, 6.45) is 4.92. The number of benzene rings is 1. The lowest BCUT2D eigenvalue weighted by Crippen LogP contribution is -2.15. The summed E-state index contributed by atoms with van der Waals surface area (Å²) in [5, 5.41) is 4.47. The lowest BCUT2D eigenvalue weighted by Gasteiger charge is -2.15. The molecule has 1 unspecified atom stereocenters. The smallest absolute Gasteiger partial charge is 0.157 e. The van der Waals surface area contributed by atoms with E-state index in [0.717, 1.165) is 30.6 Å². The van der Waals surface area contributed by atoms with Crippen LogP contribution in [0.1, 0.15) is 50.4 Å². The topological polar surface area (TPSA) is 36.3 Å². The Kier molecular flexibility index (Phi) is 9.35. The van der Waals surface area contributed by atoms with E-state index >= 15 is 0 Å². The molecule has 24 heavy (non-hydrogen) atoms. The van der Waals surface area contributed by atoms with Gasteiger partial charge in [0.1, 0.15) is 0 Å². The van der Waals surface area contributed by atoms with Crippen LogP contribution in [0, 0.1) is 13.8 Å². The molecule has 0 amide bonds. The van der Waals surface area contributed by atoms with Crippen molar-refractivity contribution in [2.75, 3.05) is 13.7 Å². The molecule has 4 nitrogen and oxygen atoms in total. The molecule has 0 radical (unpaired) electrons. The van der Waals surface area contributed by atoms with Crippen LogP contribution in [0.5, 0.6) is 0 Å². The van der Waals surface area contributed by atoms with Gasteiger partial charge in [-0.1, -0.05) is 26.0 Å². The molecule has 2 aromatic rings. The highest BCUT2D eigenvalue weighted by Crippen LogP contribution is 2.17. The molecule has 1 aromatic heterocycles. The zero-order chi connectivity index (χ0) is 17.9. The van der Waals surface area contributed by atoms with Gasteiger partial charge in [-0.2, -0.15) is 5.10 Å². The van der Waals surface area contributed by atoms with Crippen molar-refractivity contribution in [3.63, 3.8) is 0 Å². The first-order chi connectivity index (χ1) is 11.6. The van der Waals surface area contributed by atoms with Crippen LogP contribution in [0.15, 0.2) is 30.5 Å². The minimum absolute atomic E-state index is 0.0857. The molecule has 0 N–H and O–H groups in total. The Morgan fingerprint density at radius 3 is 2.46 bits per heavy atom. The number of aryl methyl sites for hydroxylation is 3. The van der Waals surface area contributed by atoms with Crippen molar-refractivity contribution in [3.05, 3.63) is 47.3 Å². The largest absolute Gasteiger partial charge is 0.356 e. The highest BCUT2D eigenvalue weighted by atomic mass is 16.7. The maximum atomic E-state index is 5.50. The number of nitrogens with zero attached hydrogens (tertiary/aromatic N) is 2. The molecular weight excluding hydrogens is 300 g/mol. The van der Waals surface area contributed by atoms with Crippen molar-refractivity contribution < 1.29 is 9.47 Å². The number of ether oxygens (including phenoxy) is 2. The maximum absolute atomic E-state index is 5.50. The second kappa shape index (κ2) is 11.0. The third-order valence-electron chi connectivity index (χ3n) is 3.75. The Morgan fingerprint density at radius 2 is 1.92 bits per heavy atom. The molecule has 134 valence electrons. The molecule has 0 spiro atoms. The van der Waals surface area contributed by atoms with E-state index in [1.165, 1.54) is 11.1 Å². The van der Waals surface area contributed by atoms with Crippen LogP contribution in [0.4, 0.5) is 0 Å². The molecule has 0 bridgehead atoms. The van der Waals surface area contributed by atoms with E-state index in [4.69, 9.17) is 9.47 Å². The van der Waals surface area contributed by atoms with E-state index in [2.05, 4.69) is 30.2 Å². The van der Waals surface area contributed by atoms with Crippen LogP contribution >= 0.6 is 0 Å². The maximum Gasteiger partial charge on any atom is 0.157 e. The monoisotopic (exact) mass is 332 g/mol. The van der Waals surface area contributed by atoms with Gasteiger partial charge in [0.2, 0.25) is 0 Å². The van der Waals surface area contributed by atoms with Crippen LogP contribution in [0.3, 0.4) is 0 Å². The average Bonchev–Trinajstić information content (AvgIpc) is 3.02. The number of rotatable bonds is 8. The third kappa shape index (κ3) is 6.10. The van der Waals surface area contributed by atoms with Gasteiger partial charge in [-0.25, -0.2) is 4.68 Å². The summed E-state index contributed by atoms with van der Waals surface area (Å²) in [5.41, 5.74) is 4.76. The summed E-state index contributed by atoms with van der Waals surface area (Å²) in [6.45, 7) is 10.8. The summed E-state index contributed by atoms with van der Waals surface area (Å²) >= 11 is 0. The molecule has 0 saturated carbocycles. The van der Waals surface area contributed by atoms with Gasteiger partial charge in [0, 0.05) is 19.9 Å². The van der Waals surface area contributed by atoms with E-state index < -0.39 is 0 Å². The van der Waals surface area contributed by atoms with Crippen molar-refractivity contribution in [1.29, 1.82) is 0 Å². The molecule has 0 saturated heterocycles. The van der Waals surface area contributed by atoms with Crippen LogP contribution < -0.4 is 0 Å². The van der Waals surface area contributed by atoms with Crippen molar-refractivity contribution in [2.24, 2.45) is 0 Å². The number of hydrogen-bond donors (Lipinski definition) is 0. The molecular formula is C20H32N2O2.